The van der Waals surface area contributed by atoms with E-state index in [-0.39, 0.29) is 28.8 Å². The van der Waals surface area contributed by atoms with E-state index in [1.165, 1.54) is 0 Å². The van der Waals surface area contributed by atoms with Gasteiger partial charge in [0.2, 0.25) is 11.7 Å². The number of ketones is 2. The Morgan fingerprint density at radius 1 is 0.917 bits per heavy atom. The van der Waals surface area contributed by atoms with Gasteiger partial charge in [0.05, 0.1) is 34.5 Å². The normalized spacial score (nSPS) is 29.5. The van der Waals surface area contributed by atoms with Crippen LogP contribution in [0.3, 0.4) is 0 Å². The van der Waals surface area contributed by atoms with E-state index in [4.69, 9.17) is 0 Å². The van der Waals surface area contributed by atoms with Gasteiger partial charge in [-0.05, 0) is 67.6 Å². The summed E-state index contributed by atoms with van der Waals surface area (Å²) in [5.41, 5.74) is -1.72. The largest absolute Gasteiger partial charge is 0.349 e. The Bertz CT molecular complexity index is 1350. The molecule has 0 spiro atoms. The van der Waals surface area contributed by atoms with Gasteiger partial charge in [0, 0.05) is 12.5 Å². The van der Waals surface area contributed by atoms with Gasteiger partial charge in [0.25, 0.3) is 5.91 Å². The monoisotopic (exact) mass is 692 g/mol. The third-order valence-electron chi connectivity index (χ3n) is 11.9. The minimum absolute atomic E-state index is 0.0604. The number of urea groups is 1. The highest BCUT2D eigenvalue weighted by molar-refractivity contribution is 7.92. The quantitative estimate of drug-likeness (QED) is 0.198. The molecule has 1 saturated heterocycles. The van der Waals surface area contributed by atoms with Crippen LogP contribution in [0.2, 0.25) is 0 Å². The van der Waals surface area contributed by atoms with Gasteiger partial charge in [-0.2, -0.15) is 0 Å². The molecule has 4 rings (SSSR count). The molecular weight excluding hydrogens is 632 g/mol. The van der Waals surface area contributed by atoms with Gasteiger partial charge in [-0.1, -0.05) is 80.6 Å². The highest BCUT2D eigenvalue weighted by Gasteiger charge is 2.70. The molecule has 1 heterocycles. The summed E-state index contributed by atoms with van der Waals surface area (Å²) < 4.78 is 26.1. The number of rotatable bonds is 14. The number of nitrogens with one attached hydrogen (secondary N) is 4. The van der Waals surface area contributed by atoms with Gasteiger partial charge in [0.1, 0.15) is 0 Å². The molecule has 12 heteroatoms. The zero-order chi connectivity index (χ0) is 35.7. The van der Waals surface area contributed by atoms with Crippen LogP contribution in [0.5, 0.6) is 0 Å². The number of unbranched alkanes of at least 4 members (excludes halogenated alkanes) is 1. The topological polar surface area (TPSA) is 168 Å². The fourth-order valence-corrected chi connectivity index (χ4v) is 11.5. The second-order valence-electron chi connectivity index (χ2n) is 16.7. The van der Waals surface area contributed by atoms with E-state index >= 15 is 0 Å². The van der Waals surface area contributed by atoms with E-state index in [2.05, 4.69) is 35.1 Å². The minimum atomic E-state index is -3.34. The maximum Gasteiger partial charge on any atom is 0.315 e. The summed E-state index contributed by atoms with van der Waals surface area (Å²) >= 11 is 0. The summed E-state index contributed by atoms with van der Waals surface area (Å²) in [5, 5.41) is 10.9. The number of carbonyl (C=O) groups is 5. The molecule has 0 bridgehead atoms. The van der Waals surface area contributed by atoms with E-state index < -0.39 is 73.6 Å². The molecular formula is C36H60N4O7S. The average molecular weight is 693 g/mol. The lowest BCUT2D eigenvalue weighted by molar-refractivity contribution is -0.142. The first kappa shape index (κ1) is 38.3. The molecule has 4 fully saturated rings. The smallest absolute Gasteiger partial charge is 0.315 e. The third-order valence-corrected chi connectivity index (χ3v) is 14.3. The van der Waals surface area contributed by atoms with Crippen LogP contribution in [0.25, 0.3) is 0 Å². The van der Waals surface area contributed by atoms with Crippen molar-refractivity contribution in [1.82, 2.24) is 21.3 Å². The maximum atomic E-state index is 14.5. The van der Waals surface area contributed by atoms with Gasteiger partial charge < -0.3 is 21.3 Å². The lowest BCUT2D eigenvalue weighted by atomic mass is 9.74. The first-order valence-corrected chi connectivity index (χ1v) is 20.1. The molecule has 3 saturated carbocycles. The van der Waals surface area contributed by atoms with Crippen LogP contribution in [-0.4, -0.2) is 73.0 Å². The lowest BCUT2D eigenvalue weighted by Gasteiger charge is -2.43. The molecule has 4 aliphatic rings. The van der Waals surface area contributed by atoms with Crippen LogP contribution in [0.15, 0.2) is 0 Å². The van der Waals surface area contributed by atoms with Gasteiger partial charge in [-0.3, -0.25) is 19.2 Å². The van der Waals surface area contributed by atoms with Crippen molar-refractivity contribution in [3.05, 3.63) is 0 Å². The molecule has 1 unspecified atom stereocenters. The van der Waals surface area contributed by atoms with E-state index in [0.29, 0.717) is 57.9 Å². The maximum absolute atomic E-state index is 14.5. The van der Waals surface area contributed by atoms with Crippen molar-refractivity contribution in [3.63, 3.8) is 0 Å². The molecule has 272 valence electrons. The van der Waals surface area contributed by atoms with Crippen molar-refractivity contribution < 1.29 is 32.4 Å². The van der Waals surface area contributed by atoms with Gasteiger partial charge in [-0.25, -0.2) is 13.2 Å². The van der Waals surface area contributed by atoms with Crippen LogP contribution in [0, 0.1) is 34.5 Å². The molecule has 0 aromatic carbocycles. The molecule has 0 radical (unpaired) electrons. The summed E-state index contributed by atoms with van der Waals surface area (Å²) in [6, 6.07) is -2.47. The second kappa shape index (κ2) is 14.8. The van der Waals surface area contributed by atoms with Crippen molar-refractivity contribution in [3.8, 4) is 0 Å². The predicted molar refractivity (Wildman–Crippen MR) is 185 cm³/mol. The Morgan fingerprint density at radius 3 is 2.15 bits per heavy atom. The molecule has 4 N–H and O–H groups in total. The zero-order valence-electron chi connectivity index (χ0n) is 30.2. The Hall–Kier alpha value is -2.50. The van der Waals surface area contributed by atoms with Crippen LogP contribution in [0.4, 0.5) is 4.79 Å². The number of amides is 4. The van der Waals surface area contributed by atoms with E-state index in [9.17, 15) is 32.4 Å². The third kappa shape index (κ3) is 7.94. The number of fused-ring (bicyclic) bond motifs is 1. The van der Waals surface area contributed by atoms with E-state index in [0.717, 1.165) is 25.7 Å². The number of sulfone groups is 1. The number of hydrogen-bond donors (Lipinski definition) is 4. The van der Waals surface area contributed by atoms with E-state index in [1.807, 2.05) is 34.6 Å². The predicted octanol–water partition coefficient (Wildman–Crippen LogP) is 4.23. The van der Waals surface area contributed by atoms with Gasteiger partial charge in [-0.15, -0.1) is 0 Å². The standard InChI is InChI=1S/C36H60N4O7S/c1-8-10-15-24(29(42)32(44)37-19-9-2)38-31(43)26-22(21-23-27(26)35(23,6)7)28(41)30(34(3,4)5)39-33(45)40-36(17-12-11-13-18-36)25-16-14-20-48(25,46)47/h22-27,30H,8-21H2,1-7H3,(H,37,44)(H,38,43)(H2,39,40,45)/t22?,23-,24-,25+,26-,27-,30+/m0/s1. The Balaban J connectivity index is 1.55. The fourth-order valence-electron chi connectivity index (χ4n) is 9.13. The van der Waals surface area contributed by atoms with Crippen LogP contribution >= 0.6 is 0 Å². The summed E-state index contributed by atoms with van der Waals surface area (Å²) in [4.78, 5) is 68.2. The summed E-state index contributed by atoms with van der Waals surface area (Å²) in [6.45, 7) is 14.0. The molecule has 3 aliphatic carbocycles. The average Bonchev–Trinajstić information content (AvgIpc) is 3.33. The number of Topliss-reactive ketones (excluding diaryl/α,β-unsaturated/α-hetero) is 2. The van der Waals surface area contributed by atoms with Crippen molar-refractivity contribution in [2.75, 3.05) is 12.3 Å². The molecule has 0 aromatic heterocycles. The van der Waals surface area contributed by atoms with Crippen molar-refractivity contribution >= 4 is 39.2 Å². The van der Waals surface area contributed by atoms with Gasteiger partial charge in [0.15, 0.2) is 15.6 Å². The first-order valence-electron chi connectivity index (χ1n) is 18.4. The zero-order valence-corrected chi connectivity index (χ0v) is 31.0. The number of hydrogen-bond acceptors (Lipinski definition) is 7. The fraction of sp³-hybridized carbons (Fsp3) is 0.861. The Kier molecular flexibility index (Phi) is 11.8. The molecule has 0 aromatic rings. The van der Waals surface area contributed by atoms with Crippen LogP contribution < -0.4 is 21.3 Å². The molecule has 4 amide bonds. The Morgan fingerprint density at radius 2 is 1.58 bits per heavy atom. The molecule has 7 atom stereocenters. The Labute approximate surface area is 287 Å². The molecule has 1 aliphatic heterocycles. The van der Waals surface area contributed by atoms with Crippen molar-refractivity contribution in [1.29, 1.82) is 0 Å². The number of carbonyl (C=O) groups excluding carboxylic acids is 5. The van der Waals surface area contributed by atoms with Crippen LogP contribution in [-0.2, 0) is 29.0 Å². The summed E-state index contributed by atoms with van der Waals surface area (Å²) in [7, 11) is -3.34. The SMILES string of the molecule is CCCC[C@H](NC(=O)[C@H]1C(C(=O)[C@@H](NC(=O)NC2([C@H]3CCCS3(=O)=O)CCCCC2)C(C)(C)C)C[C@H]2[C@@H]1C2(C)C)C(=O)C(=O)NCCC. The highest BCUT2D eigenvalue weighted by atomic mass is 32.2. The molecule has 48 heavy (non-hydrogen) atoms. The molecule has 11 nitrogen and oxygen atoms in total. The first-order chi connectivity index (χ1) is 22.4. The van der Waals surface area contributed by atoms with E-state index in [1.54, 1.807) is 0 Å². The minimum Gasteiger partial charge on any atom is -0.349 e. The lowest BCUT2D eigenvalue weighted by Crippen LogP contribution is -2.64. The summed E-state index contributed by atoms with van der Waals surface area (Å²) in [6.07, 6.45) is 7.84. The van der Waals surface area contributed by atoms with Crippen LogP contribution in [0.1, 0.15) is 126 Å². The van der Waals surface area contributed by atoms with Crippen molar-refractivity contribution in [2.45, 2.75) is 148 Å². The highest BCUT2D eigenvalue weighted by Crippen LogP contribution is 2.71. The second-order valence-corrected chi connectivity index (χ2v) is 19.0. The van der Waals surface area contributed by atoms with Gasteiger partial charge >= 0.3 is 6.03 Å². The summed E-state index contributed by atoms with van der Waals surface area (Å²) in [5.74, 6) is -3.18. The van der Waals surface area contributed by atoms with Crippen molar-refractivity contribution in [2.24, 2.45) is 34.5 Å².